The van der Waals surface area contributed by atoms with E-state index in [0.29, 0.717) is 19.7 Å². The van der Waals surface area contributed by atoms with Crippen molar-refractivity contribution >= 4 is 17.8 Å². The number of carbonyl (C=O) groups is 3. The number of nitrogens with zero attached hydrogens (tertiary/aromatic N) is 2. The van der Waals surface area contributed by atoms with Crippen LogP contribution in [0.5, 0.6) is 0 Å². The molecule has 0 aromatic carbocycles. The molecule has 1 N–H and O–H groups in total. The average molecular weight is 489 g/mol. The third-order valence-corrected chi connectivity index (χ3v) is 8.25. The molecule has 194 valence electrons. The average Bonchev–Trinajstić information content (AvgIpc) is 3.24. The standard InChI is InChI=1S/C27H40N2O6/c1-4-6-14-28-15-11-13-27-22(21-20(35-27)12-9-7-8-10-16-34-26(21)33)24(31)29(23(27)25(28)32)19(17-30)18(3)5-2/h9,11-13,18-23,30H,4-8,10,14-17H2,1-3H3/b12-9-/t18-,19-,20+,21-,22-,23?,27-/m0/s1. The van der Waals surface area contributed by atoms with Crippen LogP contribution in [-0.2, 0) is 23.9 Å². The second-order valence-electron chi connectivity index (χ2n) is 10.4. The molecule has 4 rings (SSSR count). The fourth-order valence-corrected chi connectivity index (χ4v) is 6.12. The Labute approximate surface area is 208 Å². The Hall–Kier alpha value is -2.19. The van der Waals surface area contributed by atoms with Crippen molar-refractivity contribution in [1.82, 2.24) is 9.80 Å². The molecular formula is C27H40N2O6. The number of allylic oxidation sites excluding steroid dienone is 1. The number of ether oxygens (including phenoxy) is 2. The van der Waals surface area contributed by atoms with Crippen molar-refractivity contribution in [1.29, 1.82) is 0 Å². The monoisotopic (exact) mass is 488 g/mol. The lowest BCUT2D eigenvalue weighted by molar-refractivity contribution is -0.157. The highest BCUT2D eigenvalue weighted by Crippen LogP contribution is 2.54. The lowest BCUT2D eigenvalue weighted by Gasteiger charge is -2.40. The zero-order chi connectivity index (χ0) is 25.2. The summed E-state index contributed by atoms with van der Waals surface area (Å²) in [5.74, 6) is -2.68. The van der Waals surface area contributed by atoms with Crippen LogP contribution in [-0.4, -0.2) is 82.8 Å². The molecule has 1 unspecified atom stereocenters. The molecule has 4 aliphatic rings. The molecule has 0 bridgehead atoms. The lowest BCUT2D eigenvalue weighted by Crippen LogP contribution is -2.59. The van der Waals surface area contributed by atoms with Crippen LogP contribution in [0, 0.1) is 17.8 Å². The van der Waals surface area contributed by atoms with Crippen molar-refractivity contribution in [2.45, 2.75) is 83.1 Å². The minimum absolute atomic E-state index is 0.0318. The second-order valence-corrected chi connectivity index (χ2v) is 10.4. The van der Waals surface area contributed by atoms with Crippen LogP contribution in [0.3, 0.4) is 0 Å². The number of fused-ring (bicyclic) bond motifs is 2. The molecule has 8 nitrogen and oxygen atoms in total. The number of esters is 1. The minimum atomic E-state index is -1.28. The second kappa shape index (κ2) is 10.8. The van der Waals surface area contributed by atoms with Gasteiger partial charge in [-0.25, -0.2) is 0 Å². The fraction of sp³-hybridized carbons (Fsp3) is 0.741. The van der Waals surface area contributed by atoms with Crippen LogP contribution >= 0.6 is 0 Å². The van der Waals surface area contributed by atoms with Gasteiger partial charge in [0, 0.05) is 13.1 Å². The molecule has 0 aliphatic carbocycles. The summed E-state index contributed by atoms with van der Waals surface area (Å²) >= 11 is 0. The number of rotatable bonds is 7. The molecule has 4 aliphatic heterocycles. The molecule has 0 radical (unpaired) electrons. The fourth-order valence-electron chi connectivity index (χ4n) is 6.12. The molecule has 4 heterocycles. The first-order chi connectivity index (χ1) is 16.9. The maximum Gasteiger partial charge on any atom is 0.312 e. The minimum Gasteiger partial charge on any atom is -0.465 e. The van der Waals surface area contributed by atoms with Gasteiger partial charge in [0.15, 0.2) is 0 Å². The molecule has 2 saturated heterocycles. The molecule has 2 fully saturated rings. The maximum atomic E-state index is 14.2. The van der Waals surface area contributed by atoms with Crippen LogP contribution in [0.25, 0.3) is 0 Å². The van der Waals surface area contributed by atoms with E-state index in [1.165, 1.54) is 0 Å². The highest BCUT2D eigenvalue weighted by Gasteiger charge is 2.72. The van der Waals surface area contributed by atoms with Gasteiger partial charge in [-0.15, -0.1) is 0 Å². The van der Waals surface area contributed by atoms with Crippen LogP contribution in [0.1, 0.15) is 59.3 Å². The van der Waals surface area contributed by atoms with Crippen molar-refractivity contribution in [3.8, 4) is 0 Å². The topological polar surface area (TPSA) is 96.4 Å². The van der Waals surface area contributed by atoms with Crippen molar-refractivity contribution in [3.05, 3.63) is 24.3 Å². The normalized spacial score (nSPS) is 35.6. The summed E-state index contributed by atoms with van der Waals surface area (Å²) in [4.78, 5) is 44.9. The summed E-state index contributed by atoms with van der Waals surface area (Å²) in [6.45, 7) is 7.12. The van der Waals surface area contributed by atoms with E-state index in [4.69, 9.17) is 9.47 Å². The number of unbranched alkanes of at least 4 members (excludes halogenated alkanes) is 1. The van der Waals surface area contributed by atoms with Gasteiger partial charge in [0.1, 0.15) is 17.6 Å². The zero-order valence-electron chi connectivity index (χ0n) is 21.2. The van der Waals surface area contributed by atoms with E-state index in [2.05, 4.69) is 6.92 Å². The Kier molecular flexibility index (Phi) is 8.01. The highest BCUT2D eigenvalue weighted by molar-refractivity contribution is 5.99. The Bertz CT molecular complexity index is 872. The van der Waals surface area contributed by atoms with E-state index in [1.807, 2.05) is 38.2 Å². The van der Waals surface area contributed by atoms with Crippen molar-refractivity contribution in [3.63, 3.8) is 0 Å². The molecule has 0 aromatic rings. The quantitative estimate of drug-likeness (QED) is 0.437. The van der Waals surface area contributed by atoms with Gasteiger partial charge in [0.2, 0.25) is 11.8 Å². The van der Waals surface area contributed by atoms with Gasteiger partial charge >= 0.3 is 5.97 Å². The number of carbonyl (C=O) groups excluding carboxylic acids is 3. The lowest BCUT2D eigenvalue weighted by atomic mass is 9.78. The third-order valence-electron chi connectivity index (χ3n) is 8.25. The molecule has 8 heteroatoms. The number of hydrogen-bond acceptors (Lipinski definition) is 6. The van der Waals surface area contributed by atoms with Crippen molar-refractivity contribution < 1.29 is 29.0 Å². The van der Waals surface area contributed by atoms with Crippen LogP contribution in [0.4, 0.5) is 0 Å². The van der Waals surface area contributed by atoms with Crippen LogP contribution in [0.2, 0.25) is 0 Å². The summed E-state index contributed by atoms with van der Waals surface area (Å²) in [6, 6.07) is -1.47. The van der Waals surface area contributed by atoms with Crippen LogP contribution in [0.15, 0.2) is 24.3 Å². The third kappa shape index (κ3) is 4.44. The summed E-state index contributed by atoms with van der Waals surface area (Å²) < 4.78 is 12.2. The van der Waals surface area contributed by atoms with E-state index in [1.54, 1.807) is 9.80 Å². The molecule has 2 amide bonds. The largest absolute Gasteiger partial charge is 0.465 e. The van der Waals surface area contributed by atoms with Gasteiger partial charge in [-0.3, -0.25) is 14.4 Å². The predicted octanol–water partition coefficient (Wildman–Crippen LogP) is 2.46. The van der Waals surface area contributed by atoms with E-state index < -0.39 is 41.6 Å². The molecule has 7 atom stereocenters. The van der Waals surface area contributed by atoms with Crippen LogP contribution < -0.4 is 0 Å². The number of cyclic esters (lactones) is 1. The highest BCUT2D eigenvalue weighted by atomic mass is 16.6. The maximum absolute atomic E-state index is 14.2. The first kappa shape index (κ1) is 25.9. The predicted molar refractivity (Wildman–Crippen MR) is 130 cm³/mol. The summed E-state index contributed by atoms with van der Waals surface area (Å²) in [6.07, 6.45) is 12.0. The Morgan fingerprint density at radius 1 is 1.17 bits per heavy atom. The van der Waals surface area contributed by atoms with Gasteiger partial charge in [0.25, 0.3) is 0 Å². The smallest absolute Gasteiger partial charge is 0.312 e. The Balaban J connectivity index is 1.83. The summed E-state index contributed by atoms with van der Waals surface area (Å²) in [7, 11) is 0. The number of aliphatic hydroxyl groups is 1. The van der Waals surface area contributed by atoms with Gasteiger partial charge in [0.05, 0.1) is 31.3 Å². The van der Waals surface area contributed by atoms with E-state index in [-0.39, 0.29) is 24.3 Å². The first-order valence-electron chi connectivity index (χ1n) is 13.3. The summed E-state index contributed by atoms with van der Waals surface area (Å²) in [5.41, 5.74) is -1.28. The Morgan fingerprint density at radius 2 is 1.97 bits per heavy atom. The van der Waals surface area contributed by atoms with E-state index >= 15 is 0 Å². The molecule has 0 aromatic heterocycles. The number of amides is 2. The van der Waals surface area contributed by atoms with Crippen molar-refractivity contribution in [2.24, 2.45) is 17.8 Å². The number of aliphatic hydroxyl groups excluding tert-OH is 1. The number of hydrogen-bond donors (Lipinski definition) is 1. The molecule has 35 heavy (non-hydrogen) atoms. The van der Waals surface area contributed by atoms with E-state index in [9.17, 15) is 19.5 Å². The molecular weight excluding hydrogens is 448 g/mol. The SMILES string of the molecule is CCCCN1CC=C[C@]23O[C@@H]4/C=C\CCCCOC(=O)[C@@H]4[C@H]2C(=O)N([C@@H](CO)[C@@H](C)CC)C3C1=O. The van der Waals surface area contributed by atoms with Gasteiger partial charge in [-0.1, -0.05) is 57.9 Å². The Morgan fingerprint density at radius 3 is 2.69 bits per heavy atom. The van der Waals surface area contributed by atoms with Gasteiger partial charge in [-0.2, -0.15) is 0 Å². The molecule has 0 saturated carbocycles. The molecule has 1 spiro atoms. The van der Waals surface area contributed by atoms with E-state index in [0.717, 1.165) is 38.5 Å². The van der Waals surface area contributed by atoms with Gasteiger partial charge in [-0.05, 0) is 31.6 Å². The first-order valence-corrected chi connectivity index (χ1v) is 13.3. The summed E-state index contributed by atoms with van der Waals surface area (Å²) in [5, 5.41) is 10.4. The van der Waals surface area contributed by atoms with Crippen molar-refractivity contribution in [2.75, 3.05) is 26.3 Å². The van der Waals surface area contributed by atoms with Gasteiger partial charge < -0.3 is 24.4 Å². The zero-order valence-corrected chi connectivity index (χ0v) is 21.2. The number of likely N-dealkylation sites (tertiary alicyclic amines) is 1.